The van der Waals surface area contributed by atoms with E-state index >= 15 is 0 Å². The van der Waals surface area contributed by atoms with Crippen molar-refractivity contribution in [3.8, 4) is 0 Å². The van der Waals surface area contributed by atoms with Crippen molar-refractivity contribution in [2.75, 3.05) is 19.6 Å². The van der Waals surface area contributed by atoms with E-state index in [-0.39, 0.29) is 11.5 Å². The van der Waals surface area contributed by atoms with Crippen LogP contribution in [0.5, 0.6) is 0 Å². The first kappa shape index (κ1) is 25.2. The third kappa shape index (κ3) is 6.35. The van der Waals surface area contributed by atoms with E-state index in [0.29, 0.717) is 43.3 Å². The van der Waals surface area contributed by atoms with Gasteiger partial charge in [0.2, 0.25) is 0 Å². The predicted molar refractivity (Wildman–Crippen MR) is 131 cm³/mol. The zero-order valence-electron chi connectivity index (χ0n) is 19.8. The lowest BCUT2D eigenvalue weighted by Crippen LogP contribution is -2.42. The minimum absolute atomic E-state index is 0.166. The number of piperidine rings is 1. The summed E-state index contributed by atoms with van der Waals surface area (Å²) in [7, 11) is 0. The number of aromatic nitrogens is 1. The van der Waals surface area contributed by atoms with Crippen molar-refractivity contribution in [2.24, 2.45) is 11.7 Å². The Kier molecular flexibility index (Phi) is 8.65. The molecular weight excluding hydrogens is 434 g/mol. The second-order valence-electron chi connectivity index (χ2n) is 8.77. The van der Waals surface area contributed by atoms with Crippen LogP contribution in [0.3, 0.4) is 0 Å². The third-order valence-electron chi connectivity index (χ3n) is 6.11. The number of carboxylic acids is 1. The number of likely N-dealkylation sites (tertiary alicyclic amines) is 1. The molecule has 1 aliphatic rings. The van der Waals surface area contributed by atoms with Gasteiger partial charge in [-0.15, -0.1) is 0 Å². The number of aromatic amines is 1. The van der Waals surface area contributed by atoms with E-state index in [1.54, 1.807) is 4.90 Å². The molecule has 0 spiro atoms. The van der Waals surface area contributed by atoms with Gasteiger partial charge < -0.3 is 25.1 Å². The lowest BCUT2D eigenvalue weighted by Gasteiger charge is -2.32. The number of rotatable bonds is 6. The quantitative estimate of drug-likeness (QED) is 0.509. The van der Waals surface area contributed by atoms with Gasteiger partial charge in [0, 0.05) is 43.5 Å². The van der Waals surface area contributed by atoms with E-state index in [1.807, 2.05) is 37.4 Å². The van der Waals surface area contributed by atoms with E-state index in [2.05, 4.69) is 11.1 Å². The zero-order chi connectivity index (χ0) is 24.7. The van der Waals surface area contributed by atoms with Crippen LogP contribution in [-0.2, 0) is 17.6 Å². The van der Waals surface area contributed by atoms with Crippen molar-refractivity contribution in [3.63, 3.8) is 0 Å². The Morgan fingerprint density at radius 2 is 2.00 bits per heavy atom. The Morgan fingerprint density at radius 3 is 2.71 bits per heavy atom. The van der Waals surface area contributed by atoms with Crippen molar-refractivity contribution >= 4 is 22.8 Å². The number of aliphatic carboxylic acids is 1. The molecule has 4 rings (SSSR count). The van der Waals surface area contributed by atoms with Crippen LogP contribution in [-0.4, -0.2) is 46.5 Å². The van der Waals surface area contributed by atoms with E-state index in [4.69, 9.17) is 20.1 Å². The van der Waals surface area contributed by atoms with Crippen LogP contribution in [0, 0.1) is 12.8 Å². The minimum atomic E-state index is -0.833. The second-order valence-corrected chi connectivity index (χ2v) is 8.77. The van der Waals surface area contributed by atoms with Crippen LogP contribution >= 0.6 is 0 Å². The maximum absolute atomic E-state index is 13.0. The molecule has 1 amide bonds. The van der Waals surface area contributed by atoms with Crippen molar-refractivity contribution in [2.45, 2.75) is 46.0 Å². The highest BCUT2D eigenvalue weighted by Gasteiger charge is 2.27. The van der Waals surface area contributed by atoms with Gasteiger partial charge in [0.25, 0.3) is 11.9 Å². The number of nitrogens with zero attached hydrogens (tertiary/aromatic N) is 1. The van der Waals surface area contributed by atoms with Crippen LogP contribution in [0.15, 0.2) is 45.7 Å². The molecule has 1 atom stereocenters. The monoisotopic (exact) mass is 467 g/mol. The minimum Gasteiger partial charge on any atom is -0.481 e. The Hall–Kier alpha value is -3.39. The summed E-state index contributed by atoms with van der Waals surface area (Å²) in [4.78, 5) is 39.8. The number of hydrogen-bond acceptors (Lipinski definition) is 5. The van der Waals surface area contributed by atoms with Crippen LogP contribution in [0.25, 0.3) is 10.9 Å². The fourth-order valence-corrected chi connectivity index (χ4v) is 4.53. The molecule has 1 fully saturated rings. The maximum atomic E-state index is 13.0. The summed E-state index contributed by atoms with van der Waals surface area (Å²) in [6.07, 6.45) is 6.30. The fraction of sp³-hybridized carbons (Fsp3) is 0.423. The van der Waals surface area contributed by atoms with Crippen LogP contribution in [0.1, 0.15) is 53.4 Å². The Balaban J connectivity index is 0.000000751. The normalized spacial score (nSPS) is 15.6. The van der Waals surface area contributed by atoms with Crippen molar-refractivity contribution in [3.05, 3.63) is 69.4 Å². The summed E-state index contributed by atoms with van der Waals surface area (Å²) in [5.41, 5.74) is 8.28. The van der Waals surface area contributed by atoms with Gasteiger partial charge in [-0.05, 0) is 68.3 Å². The van der Waals surface area contributed by atoms with Crippen LogP contribution in [0.4, 0.5) is 0 Å². The van der Waals surface area contributed by atoms with Gasteiger partial charge >= 0.3 is 5.63 Å². The van der Waals surface area contributed by atoms with Crippen molar-refractivity contribution < 1.29 is 19.1 Å². The summed E-state index contributed by atoms with van der Waals surface area (Å²) in [6.45, 7) is 4.87. The van der Waals surface area contributed by atoms with Crippen molar-refractivity contribution in [1.29, 1.82) is 0 Å². The highest BCUT2D eigenvalue weighted by Crippen LogP contribution is 2.22. The fourth-order valence-electron chi connectivity index (χ4n) is 4.53. The number of amides is 1. The molecule has 1 aliphatic heterocycles. The molecule has 8 heteroatoms. The van der Waals surface area contributed by atoms with Crippen LogP contribution < -0.4 is 11.4 Å². The van der Waals surface area contributed by atoms with E-state index in [9.17, 15) is 9.59 Å². The topological polar surface area (TPSA) is 130 Å². The number of carbonyl (C=O) groups is 2. The molecule has 3 heterocycles. The van der Waals surface area contributed by atoms with Gasteiger partial charge in [-0.1, -0.05) is 18.2 Å². The predicted octanol–water partition coefficient (Wildman–Crippen LogP) is 3.51. The highest BCUT2D eigenvalue weighted by molar-refractivity contribution is 5.95. The maximum Gasteiger partial charge on any atom is 0.349 e. The number of hydrogen-bond donors (Lipinski definition) is 3. The molecule has 0 aliphatic carbocycles. The molecule has 0 radical (unpaired) electrons. The summed E-state index contributed by atoms with van der Waals surface area (Å²) < 4.78 is 5.55. The molecule has 182 valence electrons. The summed E-state index contributed by atoms with van der Waals surface area (Å²) in [6, 6.07) is 9.98. The van der Waals surface area contributed by atoms with E-state index in [0.717, 1.165) is 38.1 Å². The third-order valence-corrected chi connectivity index (χ3v) is 6.11. The molecule has 34 heavy (non-hydrogen) atoms. The number of fused-ring (bicyclic) bond motifs is 1. The number of nitrogens with one attached hydrogen (secondary N) is 1. The summed E-state index contributed by atoms with van der Waals surface area (Å²) in [5.74, 6) is -0.0272. The highest BCUT2D eigenvalue weighted by atomic mass is 16.4. The average Bonchev–Trinajstić information content (AvgIpc) is 3.20. The first-order valence-corrected chi connectivity index (χ1v) is 11.7. The average molecular weight is 468 g/mol. The number of aryl methyl sites for hydroxylation is 3. The number of nitrogens with two attached hydrogens (primary N) is 1. The first-order chi connectivity index (χ1) is 16.3. The van der Waals surface area contributed by atoms with Gasteiger partial charge in [0.15, 0.2) is 0 Å². The number of carboxylic acid groups (broad SMARTS) is 1. The molecule has 0 bridgehead atoms. The molecule has 8 nitrogen and oxygen atoms in total. The zero-order valence-corrected chi connectivity index (χ0v) is 19.8. The lowest BCUT2D eigenvalue weighted by atomic mass is 9.94. The Bertz CT molecular complexity index is 1190. The van der Waals surface area contributed by atoms with E-state index < -0.39 is 11.6 Å². The molecule has 2 aromatic heterocycles. The largest absolute Gasteiger partial charge is 0.481 e. The number of carbonyl (C=O) groups excluding carboxylic acids is 1. The first-order valence-electron chi connectivity index (χ1n) is 11.7. The van der Waals surface area contributed by atoms with Gasteiger partial charge in [0.05, 0.1) is 0 Å². The standard InChI is InChI=1S/C24H29N3O3.C2H4O2/c1-16-13-19(9-8-18-14-26-21-7-3-2-6-20(18)21)30-24(29)22(16)23(28)27-12-4-5-17(15-27)10-11-25;1-2(3)4/h2-3,6-7,13-14,17,26H,4-5,8-12,15,25H2,1H3;1H3,(H,3,4). The SMILES string of the molecule is CC(=O)O.Cc1cc(CCc2c[nH]c3ccccc23)oc(=O)c1C(=O)N1CCCC(CCN)C1. The smallest absolute Gasteiger partial charge is 0.349 e. The number of para-hydroxylation sites is 1. The summed E-state index contributed by atoms with van der Waals surface area (Å²) in [5, 5.41) is 8.60. The van der Waals surface area contributed by atoms with Gasteiger partial charge in [-0.3, -0.25) is 9.59 Å². The van der Waals surface area contributed by atoms with Gasteiger partial charge in [-0.25, -0.2) is 4.79 Å². The van der Waals surface area contributed by atoms with Crippen molar-refractivity contribution in [1.82, 2.24) is 9.88 Å². The van der Waals surface area contributed by atoms with Crippen LogP contribution in [0.2, 0.25) is 0 Å². The molecule has 1 aromatic carbocycles. The number of H-pyrrole nitrogens is 1. The molecule has 3 aromatic rings. The Labute approximate surface area is 198 Å². The molecule has 1 unspecified atom stereocenters. The van der Waals surface area contributed by atoms with Gasteiger partial charge in [0.1, 0.15) is 11.3 Å². The molecule has 0 saturated carbocycles. The van der Waals surface area contributed by atoms with E-state index in [1.165, 1.54) is 10.9 Å². The molecular formula is C26H33N3O5. The number of benzene rings is 1. The molecule has 4 N–H and O–H groups in total. The molecule has 1 saturated heterocycles. The lowest BCUT2D eigenvalue weighted by molar-refractivity contribution is -0.134. The van der Waals surface area contributed by atoms with Gasteiger partial charge in [-0.2, -0.15) is 0 Å². The summed E-state index contributed by atoms with van der Waals surface area (Å²) >= 11 is 0. The second kappa shape index (κ2) is 11.7. The Morgan fingerprint density at radius 1 is 1.26 bits per heavy atom.